The van der Waals surface area contributed by atoms with Crippen LogP contribution in [0, 0.1) is 0 Å². The van der Waals surface area contributed by atoms with E-state index in [2.05, 4.69) is 53.6 Å². The topological polar surface area (TPSA) is 57.5 Å². The van der Waals surface area contributed by atoms with Crippen molar-refractivity contribution in [2.45, 2.75) is 25.9 Å². The van der Waals surface area contributed by atoms with Crippen molar-refractivity contribution >= 4 is 29.9 Å². The van der Waals surface area contributed by atoms with Gasteiger partial charge in [-0.2, -0.15) is 5.10 Å². The van der Waals surface area contributed by atoms with Crippen molar-refractivity contribution in [3.8, 4) is 0 Å². The number of aromatic nitrogens is 2. The van der Waals surface area contributed by atoms with Gasteiger partial charge in [0.1, 0.15) is 0 Å². The SMILES string of the molecule is CN=C(NCC(c1cnn(C)c1)N(C)C)NC(C)C.I. The van der Waals surface area contributed by atoms with Gasteiger partial charge < -0.3 is 15.5 Å². The molecule has 1 atom stereocenters. The zero-order valence-electron chi connectivity index (χ0n) is 13.2. The predicted molar refractivity (Wildman–Crippen MR) is 94.7 cm³/mol. The molecule has 0 aliphatic rings. The molecule has 1 unspecified atom stereocenters. The van der Waals surface area contributed by atoms with Gasteiger partial charge in [0.05, 0.1) is 12.2 Å². The number of halogens is 1. The lowest BCUT2D eigenvalue weighted by Crippen LogP contribution is -2.44. The van der Waals surface area contributed by atoms with Crippen molar-refractivity contribution in [3.05, 3.63) is 18.0 Å². The van der Waals surface area contributed by atoms with E-state index in [-0.39, 0.29) is 30.0 Å². The molecule has 0 amide bonds. The summed E-state index contributed by atoms with van der Waals surface area (Å²) >= 11 is 0. The van der Waals surface area contributed by atoms with Crippen LogP contribution in [-0.4, -0.2) is 54.4 Å². The standard InChI is InChI=1S/C13H26N6.HI/c1-10(2)17-13(14-3)15-8-12(18(4)5)11-7-16-19(6)9-11;/h7,9-10,12H,8H2,1-6H3,(H2,14,15,17);1H. The zero-order chi connectivity index (χ0) is 14.4. The van der Waals surface area contributed by atoms with Gasteiger partial charge in [-0.1, -0.05) is 0 Å². The van der Waals surface area contributed by atoms with Crippen LogP contribution < -0.4 is 10.6 Å². The lowest BCUT2D eigenvalue weighted by Gasteiger charge is -2.25. The Morgan fingerprint density at radius 3 is 2.50 bits per heavy atom. The first kappa shape index (κ1) is 19.2. The summed E-state index contributed by atoms with van der Waals surface area (Å²) in [5.74, 6) is 0.825. The van der Waals surface area contributed by atoms with Crippen LogP contribution in [0.15, 0.2) is 17.4 Å². The first-order valence-electron chi connectivity index (χ1n) is 6.56. The Bertz CT molecular complexity index is 413. The highest BCUT2D eigenvalue weighted by Crippen LogP contribution is 2.15. The maximum atomic E-state index is 4.23. The summed E-state index contributed by atoms with van der Waals surface area (Å²) in [5, 5.41) is 10.9. The molecule has 0 aliphatic heterocycles. The number of nitrogens with zero attached hydrogens (tertiary/aromatic N) is 4. The first-order chi connectivity index (χ1) is 8.93. The lowest BCUT2D eigenvalue weighted by molar-refractivity contribution is 0.298. The van der Waals surface area contributed by atoms with Crippen LogP contribution >= 0.6 is 24.0 Å². The number of aryl methyl sites for hydroxylation is 1. The van der Waals surface area contributed by atoms with Gasteiger partial charge in [-0.25, -0.2) is 0 Å². The molecule has 20 heavy (non-hydrogen) atoms. The second-order valence-corrected chi connectivity index (χ2v) is 5.18. The second kappa shape index (κ2) is 9.17. The Hall–Kier alpha value is -0.830. The minimum Gasteiger partial charge on any atom is -0.354 e. The molecule has 7 heteroatoms. The van der Waals surface area contributed by atoms with Gasteiger partial charge in [-0.05, 0) is 27.9 Å². The van der Waals surface area contributed by atoms with Crippen molar-refractivity contribution in [1.29, 1.82) is 0 Å². The fraction of sp³-hybridized carbons (Fsp3) is 0.692. The number of aliphatic imine (C=N–C) groups is 1. The fourth-order valence-corrected chi connectivity index (χ4v) is 1.87. The van der Waals surface area contributed by atoms with E-state index in [4.69, 9.17) is 0 Å². The van der Waals surface area contributed by atoms with Crippen LogP contribution in [0.3, 0.4) is 0 Å². The maximum Gasteiger partial charge on any atom is 0.191 e. The Morgan fingerprint density at radius 1 is 1.45 bits per heavy atom. The molecule has 6 nitrogen and oxygen atoms in total. The zero-order valence-corrected chi connectivity index (χ0v) is 15.5. The summed E-state index contributed by atoms with van der Waals surface area (Å²) in [6, 6.07) is 0.627. The van der Waals surface area contributed by atoms with Crippen molar-refractivity contribution in [2.75, 3.05) is 27.7 Å². The minimum absolute atomic E-state index is 0. The van der Waals surface area contributed by atoms with Gasteiger partial charge in [-0.3, -0.25) is 9.67 Å². The first-order valence-corrected chi connectivity index (χ1v) is 6.56. The van der Waals surface area contributed by atoms with Gasteiger partial charge in [0.15, 0.2) is 5.96 Å². The molecule has 0 saturated carbocycles. The predicted octanol–water partition coefficient (Wildman–Crippen LogP) is 1.21. The lowest BCUT2D eigenvalue weighted by atomic mass is 10.1. The molecule has 0 aliphatic carbocycles. The molecule has 2 N–H and O–H groups in total. The van der Waals surface area contributed by atoms with Crippen molar-refractivity contribution in [3.63, 3.8) is 0 Å². The Kier molecular flexibility index (Phi) is 8.79. The third-order valence-corrected chi connectivity index (χ3v) is 2.84. The van der Waals surface area contributed by atoms with E-state index < -0.39 is 0 Å². The highest BCUT2D eigenvalue weighted by molar-refractivity contribution is 14.0. The molecule has 0 aromatic carbocycles. The molecular formula is C13H27IN6. The normalized spacial score (nSPS) is 13.3. The average molecular weight is 394 g/mol. The van der Waals surface area contributed by atoms with E-state index in [1.807, 2.05) is 24.1 Å². The van der Waals surface area contributed by atoms with Gasteiger partial charge in [-0.15, -0.1) is 24.0 Å². The van der Waals surface area contributed by atoms with E-state index in [0.717, 1.165) is 12.5 Å². The smallest absolute Gasteiger partial charge is 0.191 e. The highest BCUT2D eigenvalue weighted by Gasteiger charge is 2.16. The molecular weight excluding hydrogens is 367 g/mol. The van der Waals surface area contributed by atoms with Crippen LogP contribution in [0.2, 0.25) is 0 Å². The second-order valence-electron chi connectivity index (χ2n) is 5.18. The molecule has 1 heterocycles. The monoisotopic (exact) mass is 394 g/mol. The van der Waals surface area contributed by atoms with Crippen LogP contribution in [0.4, 0.5) is 0 Å². The molecule has 1 aromatic heterocycles. The van der Waals surface area contributed by atoms with Crippen LogP contribution in [0.5, 0.6) is 0 Å². The third-order valence-electron chi connectivity index (χ3n) is 2.84. The van der Waals surface area contributed by atoms with Crippen LogP contribution in [0.25, 0.3) is 0 Å². The number of nitrogens with one attached hydrogen (secondary N) is 2. The van der Waals surface area contributed by atoms with Crippen molar-refractivity contribution < 1.29 is 0 Å². The van der Waals surface area contributed by atoms with Crippen LogP contribution in [-0.2, 0) is 7.05 Å². The van der Waals surface area contributed by atoms with Crippen molar-refractivity contribution in [2.24, 2.45) is 12.0 Å². The van der Waals surface area contributed by atoms with Gasteiger partial charge in [0.2, 0.25) is 0 Å². The number of guanidine groups is 1. The summed E-state index contributed by atoms with van der Waals surface area (Å²) in [4.78, 5) is 6.39. The van der Waals surface area contributed by atoms with Gasteiger partial charge in [0, 0.05) is 38.4 Å². The van der Waals surface area contributed by atoms with E-state index in [1.165, 1.54) is 5.56 Å². The maximum absolute atomic E-state index is 4.23. The summed E-state index contributed by atoms with van der Waals surface area (Å²) in [5.41, 5.74) is 1.19. The summed E-state index contributed by atoms with van der Waals surface area (Å²) in [7, 11) is 7.85. The molecule has 1 rings (SSSR count). The molecule has 0 saturated heterocycles. The summed E-state index contributed by atoms with van der Waals surface area (Å²) < 4.78 is 1.83. The number of rotatable bonds is 5. The van der Waals surface area contributed by atoms with E-state index in [1.54, 1.807) is 7.05 Å². The van der Waals surface area contributed by atoms with E-state index in [9.17, 15) is 0 Å². The quantitative estimate of drug-likeness (QED) is 0.448. The Morgan fingerprint density at radius 2 is 2.10 bits per heavy atom. The summed E-state index contributed by atoms with van der Waals surface area (Å²) in [6.45, 7) is 4.97. The Labute approximate surface area is 139 Å². The van der Waals surface area contributed by atoms with E-state index in [0.29, 0.717) is 6.04 Å². The number of hydrogen-bond donors (Lipinski definition) is 2. The van der Waals surface area contributed by atoms with Gasteiger partial charge in [0.25, 0.3) is 0 Å². The van der Waals surface area contributed by atoms with E-state index >= 15 is 0 Å². The number of likely N-dealkylation sites (N-methyl/N-ethyl adjacent to an activating group) is 1. The molecule has 0 fully saturated rings. The van der Waals surface area contributed by atoms with Gasteiger partial charge >= 0.3 is 0 Å². The molecule has 0 radical (unpaired) electrons. The largest absolute Gasteiger partial charge is 0.354 e. The molecule has 0 spiro atoms. The highest BCUT2D eigenvalue weighted by atomic mass is 127. The van der Waals surface area contributed by atoms with Crippen molar-refractivity contribution in [1.82, 2.24) is 25.3 Å². The number of hydrogen-bond acceptors (Lipinski definition) is 3. The van der Waals surface area contributed by atoms with Crippen LogP contribution in [0.1, 0.15) is 25.5 Å². The Balaban J connectivity index is 0.00000361. The molecule has 0 bridgehead atoms. The molecule has 1 aromatic rings. The summed E-state index contributed by atoms with van der Waals surface area (Å²) in [6.07, 6.45) is 3.95. The minimum atomic E-state index is 0. The average Bonchev–Trinajstić information content (AvgIpc) is 2.73. The molecule has 116 valence electrons. The fourth-order valence-electron chi connectivity index (χ4n) is 1.87. The third kappa shape index (κ3) is 6.08.